The number of hydrogen-bond donors (Lipinski definition) is 0. The molecule has 12 aromatic carbocycles. The number of fused-ring (bicyclic) bond motifs is 11. The predicted octanol–water partition coefficient (Wildman–Crippen LogP) is 16.4. The van der Waals surface area contributed by atoms with Crippen LogP contribution >= 0.6 is 15.8 Å². The van der Waals surface area contributed by atoms with E-state index >= 15 is 0 Å². The molecule has 6 heteroatoms. The molecule has 0 aliphatic rings. The molecule has 80 heavy (non-hydrogen) atoms. The van der Waals surface area contributed by atoms with Gasteiger partial charge in [0.15, 0.2) is 0 Å². The highest BCUT2D eigenvalue weighted by molar-refractivity contribution is 7.80. The number of rotatable bonds is 10. The molecule has 0 atom stereocenters. The first kappa shape index (κ1) is 46.5. The summed E-state index contributed by atoms with van der Waals surface area (Å²) in [4.78, 5) is 0. The van der Waals surface area contributed by atoms with Gasteiger partial charge in [-0.2, -0.15) is 0 Å². The molecule has 0 bridgehead atoms. The van der Waals surface area contributed by atoms with Crippen molar-refractivity contribution in [3.05, 3.63) is 303 Å². The van der Waals surface area contributed by atoms with Crippen LogP contribution in [0.1, 0.15) is 0 Å². The van der Waals surface area contributed by atoms with Crippen molar-refractivity contribution in [1.82, 2.24) is 18.3 Å². The van der Waals surface area contributed by atoms with Crippen LogP contribution in [0.15, 0.2) is 303 Å². The van der Waals surface area contributed by atoms with Crippen LogP contribution in [0.5, 0.6) is 0 Å². The molecule has 0 radical (unpaired) electrons. The van der Waals surface area contributed by atoms with Crippen molar-refractivity contribution in [2.75, 3.05) is 0 Å². The molecule has 0 unspecified atom stereocenters. The van der Waals surface area contributed by atoms with Gasteiger partial charge in [-0.15, -0.1) is 0 Å². The van der Waals surface area contributed by atoms with Gasteiger partial charge in [-0.05, 0) is 133 Å². The Morgan fingerprint density at radius 2 is 0.425 bits per heavy atom. The molecule has 0 aliphatic heterocycles. The Morgan fingerprint density at radius 1 is 0.175 bits per heavy atom. The molecule has 16 aromatic rings. The van der Waals surface area contributed by atoms with Crippen LogP contribution in [-0.4, -0.2) is 18.3 Å². The highest BCUT2D eigenvalue weighted by atomic mass is 31.1. The lowest BCUT2D eigenvalue weighted by Crippen LogP contribution is -2.20. The van der Waals surface area contributed by atoms with E-state index in [1.165, 1.54) is 97.2 Å². The fourth-order valence-electron chi connectivity index (χ4n) is 12.7. The maximum Gasteiger partial charge on any atom is 0.0803 e. The van der Waals surface area contributed by atoms with Crippen LogP contribution in [0.2, 0.25) is 0 Å². The first-order valence-electron chi connectivity index (χ1n) is 27.3. The molecular weight excluding hydrogens is 1010 g/mol. The third-order valence-electron chi connectivity index (χ3n) is 16.1. The lowest BCUT2D eigenvalue weighted by Gasteiger charge is -2.20. The molecule has 0 aliphatic carbocycles. The van der Waals surface area contributed by atoms with E-state index in [0.29, 0.717) is 0 Å². The largest absolute Gasteiger partial charge is 0.309 e. The average Bonchev–Trinajstić information content (AvgIpc) is 3.98. The summed E-state index contributed by atoms with van der Waals surface area (Å²) >= 11 is 0. The van der Waals surface area contributed by atoms with Crippen molar-refractivity contribution in [3.63, 3.8) is 0 Å². The van der Waals surface area contributed by atoms with E-state index in [2.05, 4.69) is 322 Å². The van der Waals surface area contributed by atoms with Gasteiger partial charge in [-0.3, -0.25) is 0 Å². The summed E-state index contributed by atoms with van der Waals surface area (Å²) in [6.07, 6.45) is 0. The van der Waals surface area contributed by atoms with Gasteiger partial charge >= 0.3 is 0 Å². The van der Waals surface area contributed by atoms with Gasteiger partial charge < -0.3 is 18.3 Å². The van der Waals surface area contributed by atoms with Gasteiger partial charge in [0, 0.05) is 55.1 Å². The molecule has 0 saturated carbocycles. The maximum atomic E-state index is 2.55. The Morgan fingerprint density at radius 3 is 0.725 bits per heavy atom. The Hall–Kier alpha value is -9.56. The molecule has 4 nitrogen and oxygen atoms in total. The molecule has 16 rings (SSSR count). The third kappa shape index (κ3) is 7.45. The fraction of sp³-hybridized carbons (Fsp3) is 0. The summed E-state index contributed by atoms with van der Waals surface area (Å²) in [5.74, 6) is 0. The minimum Gasteiger partial charge on any atom is -0.309 e. The standard InChI is InChI=1S/C74H50N4P2/c1-5-21-55(22-6-1)79(56-23-7-2-8-24-56)59-43-37-51(38-44-59)77-71-49-53(75-67-33-17-13-29-61(67)62-30-14-18-34-68(62)75)41-47-65(71)74-73(77)66-48-42-54(76-69-35-19-15-31-63(69)64-32-16-20-36-70(64)76)50-72(66)78(74)52-39-45-60(46-40-52)80(57-25-9-3-10-26-57)58-27-11-4-12-28-58/h1-50H. The summed E-state index contributed by atoms with van der Waals surface area (Å²) in [7, 11) is -1.61. The molecule has 0 N–H and O–H groups in total. The highest BCUT2D eigenvalue weighted by Gasteiger charge is 2.26. The lowest BCUT2D eigenvalue weighted by molar-refractivity contribution is 1.16. The lowest BCUT2D eigenvalue weighted by atomic mass is 10.2. The number of aromatic nitrogens is 4. The summed E-state index contributed by atoms with van der Waals surface area (Å²) < 4.78 is 10.00. The third-order valence-corrected chi connectivity index (χ3v) is 21.0. The van der Waals surface area contributed by atoms with E-state index < -0.39 is 15.8 Å². The van der Waals surface area contributed by atoms with E-state index in [0.717, 1.165) is 33.8 Å². The Labute approximate surface area is 465 Å². The van der Waals surface area contributed by atoms with Gasteiger partial charge in [0.1, 0.15) is 0 Å². The zero-order valence-electron chi connectivity index (χ0n) is 43.6. The summed E-state index contributed by atoms with van der Waals surface area (Å²) in [6.45, 7) is 0. The maximum absolute atomic E-state index is 2.55. The van der Waals surface area contributed by atoms with Gasteiger partial charge in [-0.25, -0.2) is 0 Å². The molecule has 4 aromatic heterocycles. The van der Waals surface area contributed by atoms with Gasteiger partial charge in [0.25, 0.3) is 0 Å². The summed E-state index contributed by atoms with van der Waals surface area (Å²) in [5, 5.41) is 15.3. The summed E-state index contributed by atoms with van der Waals surface area (Å²) in [6, 6.07) is 113. The SMILES string of the molecule is c1ccc(P(c2ccccc2)c2ccc(-n3c4cc(-n5c6ccccc6c6ccccc65)ccc4c4c3c3ccc(-n5c6ccccc6c6ccccc65)cc3n4-c3ccc(P(c4ccccc4)c4ccccc4)cc3)cc2)cc1. The van der Waals surface area contributed by atoms with E-state index in [-0.39, 0.29) is 0 Å². The number of nitrogens with zero attached hydrogens (tertiary/aromatic N) is 4. The zero-order chi connectivity index (χ0) is 52.7. The van der Waals surface area contributed by atoms with Crippen LogP contribution in [0.25, 0.3) is 99.2 Å². The van der Waals surface area contributed by atoms with Crippen molar-refractivity contribution in [2.24, 2.45) is 0 Å². The van der Waals surface area contributed by atoms with E-state index in [1.54, 1.807) is 0 Å². The highest BCUT2D eigenvalue weighted by Crippen LogP contribution is 2.45. The first-order chi connectivity index (χ1) is 39.7. The van der Waals surface area contributed by atoms with Crippen LogP contribution < -0.4 is 31.8 Å². The van der Waals surface area contributed by atoms with Crippen LogP contribution in [0, 0.1) is 0 Å². The van der Waals surface area contributed by atoms with Gasteiger partial charge in [0.05, 0.1) is 44.1 Å². The van der Waals surface area contributed by atoms with Crippen molar-refractivity contribution < 1.29 is 0 Å². The van der Waals surface area contributed by atoms with Crippen LogP contribution in [0.4, 0.5) is 0 Å². The van der Waals surface area contributed by atoms with Crippen molar-refractivity contribution in [2.45, 2.75) is 0 Å². The number of hydrogen-bond acceptors (Lipinski definition) is 0. The van der Waals surface area contributed by atoms with Gasteiger partial charge in [-0.1, -0.05) is 218 Å². The number of benzene rings is 12. The molecular formula is C74H50N4P2. The minimum absolute atomic E-state index is 0.806. The van der Waals surface area contributed by atoms with Crippen LogP contribution in [-0.2, 0) is 0 Å². The first-order valence-corrected chi connectivity index (χ1v) is 30.0. The van der Waals surface area contributed by atoms with Crippen molar-refractivity contribution in [1.29, 1.82) is 0 Å². The van der Waals surface area contributed by atoms with E-state index in [4.69, 9.17) is 0 Å². The average molecular weight is 1060 g/mol. The smallest absolute Gasteiger partial charge is 0.0803 e. The summed E-state index contributed by atoms with van der Waals surface area (Å²) in [5.41, 5.74) is 13.8. The molecule has 4 heterocycles. The normalized spacial score (nSPS) is 12.0. The van der Waals surface area contributed by atoms with Crippen molar-refractivity contribution in [3.8, 4) is 22.7 Å². The second-order valence-corrected chi connectivity index (χ2v) is 25.0. The van der Waals surface area contributed by atoms with Crippen LogP contribution in [0.3, 0.4) is 0 Å². The molecule has 0 spiro atoms. The zero-order valence-corrected chi connectivity index (χ0v) is 45.3. The molecule has 0 amide bonds. The second-order valence-electron chi connectivity index (χ2n) is 20.6. The molecule has 0 saturated heterocycles. The van der Waals surface area contributed by atoms with Gasteiger partial charge in [0.2, 0.25) is 0 Å². The second kappa shape index (κ2) is 19.1. The number of para-hydroxylation sites is 4. The Bertz CT molecular complexity index is 4480. The topological polar surface area (TPSA) is 19.7 Å². The Balaban J connectivity index is 0.982. The van der Waals surface area contributed by atoms with Crippen molar-refractivity contribution >= 4 is 124 Å². The predicted molar refractivity (Wildman–Crippen MR) is 344 cm³/mol. The van der Waals surface area contributed by atoms with E-state index in [9.17, 15) is 0 Å². The monoisotopic (exact) mass is 1060 g/mol. The fourth-order valence-corrected chi connectivity index (χ4v) is 17.2. The minimum atomic E-state index is -0.806. The Kier molecular flexibility index (Phi) is 11.1. The molecule has 0 fully saturated rings. The quantitative estimate of drug-likeness (QED) is 0.122. The van der Waals surface area contributed by atoms with E-state index in [1.807, 2.05) is 0 Å². The molecule has 376 valence electrons.